The standard InChI is InChI=1S/C9H20O2P2/c1-9(2)10-7(5-12-3)8(11-9)6-13-4/h7-8,12-13H,5-6H2,1-4H3/t7-,8-/m0/s1. The molecule has 0 amide bonds. The molecule has 1 rings (SSSR count). The van der Waals surface area contributed by atoms with Crippen LogP contribution in [0.15, 0.2) is 0 Å². The molecule has 0 aromatic heterocycles. The fraction of sp³-hybridized carbons (Fsp3) is 1.00. The Balaban J connectivity index is 2.49. The van der Waals surface area contributed by atoms with Crippen LogP contribution in [-0.4, -0.2) is 43.6 Å². The van der Waals surface area contributed by atoms with Crippen molar-refractivity contribution in [1.29, 1.82) is 0 Å². The first-order valence-electron chi connectivity index (χ1n) is 4.74. The lowest BCUT2D eigenvalue weighted by Gasteiger charge is -2.16. The summed E-state index contributed by atoms with van der Waals surface area (Å²) in [5.41, 5.74) is 0. The van der Waals surface area contributed by atoms with Crippen molar-refractivity contribution >= 4 is 17.2 Å². The van der Waals surface area contributed by atoms with E-state index in [2.05, 4.69) is 13.3 Å². The van der Waals surface area contributed by atoms with Crippen molar-refractivity contribution in [2.24, 2.45) is 0 Å². The van der Waals surface area contributed by atoms with Crippen LogP contribution in [-0.2, 0) is 9.47 Å². The van der Waals surface area contributed by atoms with Crippen molar-refractivity contribution in [2.75, 3.05) is 25.7 Å². The molecule has 78 valence electrons. The summed E-state index contributed by atoms with van der Waals surface area (Å²) >= 11 is 0. The van der Waals surface area contributed by atoms with Gasteiger partial charge in [-0.15, -0.1) is 17.2 Å². The Morgan fingerprint density at radius 3 is 1.69 bits per heavy atom. The van der Waals surface area contributed by atoms with Gasteiger partial charge in [0.15, 0.2) is 5.79 Å². The summed E-state index contributed by atoms with van der Waals surface area (Å²) in [5, 5.41) is 0. The van der Waals surface area contributed by atoms with Crippen molar-refractivity contribution in [3.8, 4) is 0 Å². The summed E-state index contributed by atoms with van der Waals surface area (Å²) in [6, 6.07) is 0. The van der Waals surface area contributed by atoms with Gasteiger partial charge in [0.2, 0.25) is 0 Å². The van der Waals surface area contributed by atoms with E-state index in [-0.39, 0.29) is 5.79 Å². The molecular formula is C9H20O2P2. The van der Waals surface area contributed by atoms with Crippen molar-refractivity contribution in [3.63, 3.8) is 0 Å². The van der Waals surface area contributed by atoms with Gasteiger partial charge in [0.1, 0.15) is 0 Å². The lowest BCUT2D eigenvalue weighted by atomic mass is 10.3. The van der Waals surface area contributed by atoms with Crippen LogP contribution < -0.4 is 0 Å². The first-order chi connectivity index (χ1) is 6.09. The summed E-state index contributed by atoms with van der Waals surface area (Å²) in [5.74, 6) is -0.353. The molecule has 0 spiro atoms. The first kappa shape index (κ1) is 11.9. The molecule has 0 aromatic carbocycles. The van der Waals surface area contributed by atoms with Gasteiger partial charge in [0, 0.05) is 0 Å². The molecule has 4 heteroatoms. The minimum atomic E-state index is -0.353. The van der Waals surface area contributed by atoms with E-state index in [1.54, 1.807) is 0 Å². The highest BCUT2D eigenvalue weighted by molar-refractivity contribution is 7.37. The number of ether oxygens (including phenoxy) is 2. The van der Waals surface area contributed by atoms with Gasteiger partial charge in [-0.3, -0.25) is 0 Å². The van der Waals surface area contributed by atoms with Crippen LogP contribution in [0.3, 0.4) is 0 Å². The third-order valence-corrected chi connectivity index (χ3v) is 3.72. The predicted molar refractivity (Wildman–Crippen MR) is 62.0 cm³/mol. The lowest BCUT2D eigenvalue weighted by Crippen LogP contribution is -2.26. The smallest absolute Gasteiger partial charge is 0.163 e. The van der Waals surface area contributed by atoms with Crippen LogP contribution in [0.4, 0.5) is 0 Å². The fourth-order valence-corrected chi connectivity index (χ4v) is 3.15. The molecule has 13 heavy (non-hydrogen) atoms. The predicted octanol–water partition coefficient (Wildman–Crippen LogP) is 2.12. The Morgan fingerprint density at radius 2 is 1.38 bits per heavy atom. The molecule has 0 saturated carbocycles. The van der Waals surface area contributed by atoms with E-state index >= 15 is 0 Å². The third kappa shape index (κ3) is 3.44. The highest BCUT2D eigenvalue weighted by atomic mass is 31.1. The van der Waals surface area contributed by atoms with Crippen LogP contribution >= 0.6 is 17.2 Å². The first-order valence-corrected chi connectivity index (χ1v) is 8.15. The average Bonchev–Trinajstić information content (AvgIpc) is 2.28. The SMILES string of the molecule is CPC[C@@H]1OC(C)(C)O[C@H]1CPC. The van der Waals surface area contributed by atoms with Gasteiger partial charge < -0.3 is 9.47 Å². The molecule has 0 aliphatic carbocycles. The van der Waals surface area contributed by atoms with Crippen LogP contribution in [0.1, 0.15) is 13.8 Å². The third-order valence-electron chi connectivity index (χ3n) is 2.10. The zero-order valence-corrected chi connectivity index (χ0v) is 10.9. The summed E-state index contributed by atoms with van der Waals surface area (Å²) in [7, 11) is 1.91. The Hall–Kier alpha value is 0.780. The number of hydrogen-bond acceptors (Lipinski definition) is 2. The highest BCUT2D eigenvalue weighted by Gasteiger charge is 2.39. The molecule has 0 N–H and O–H groups in total. The van der Waals surface area contributed by atoms with Crippen LogP contribution in [0.25, 0.3) is 0 Å². The second-order valence-corrected chi connectivity index (χ2v) is 6.06. The second kappa shape index (κ2) is 5.03. The van der Waals surface area contributed by atoms with Crippen LogP contribution in [0.2, 0.25) is 0 Å². The van der Waals surface area contributed by atoms with Gasteiger partial charge in [0.05, 0.1) is 12.2 Å². The fourth-order valence-electron chi connectivity index (χ4n) is 1.66. The van der Waals surface area contributed by atoms with E-state index in [1.165, 1.54) is 0 Å². The molecule has 1 aliphatic rings. The molecule has 0 bridgehead atoms. The van der Waals surface area contributed by atoms with E-state index in [9.17, 15) is 0 Å². The minimum Gasteiger partial charge on any atom is -0.344 e. The second-order valence-electron chi connectivity index (χ2n) is 3.83. The summed E-state index contributed by atoms with van der Waals surface area (Å²) in [6.45, 7) is 8.47. The van der Waals surface area contributed by atoms with E-state index in [0.717, 1.165) is 29.5 Å². The maximum atomic E-state index is 5.84. The number of hydrogen-bond donors (Lipinski definition) is 0. The van der Waals surface area contributed by atoms with Gasteiger partial charge in [-0.2, -0.15) is 0 Å². The molecule has 0 aromatic rings. The van der Waals surface area contributed by atoms with Crippen LogP contribution in [0, 0.1) is 0 Å². The molecule has 1 saturated heterocycles. The monoisotopic (exact) mass is 222 g/mol. The molecule has 1 fully saturated rings. The lowest BCUT2D eigenvalue weighted by molar-refractivity contribution is -0.142. The van der Waals surface area contributed by atoms with Crippen molar-refractivity contribution < 1.29 is 9.47 Å². The van der Waals surface area contributed by atoms with Gasteiger partial charge in [-0.1, -0.05) is 0 Å². The average molecular weight is 222 g/mol. The summed E-state index contributed by atoms with van der Waals surface area (Å²) in [6.07, 6.45) is 2.98. The Bertz CT molecular complexity index is 146. The summed E-state index contributed by atoms with van der Waals surface area (Å²) in [4.78, 5) is 0. The molecule has 1 aliphatic heterocycles. The van der Waals surface area contributed by atoms with Gasteiger partial charge >= 0.3 is 0 Å². The van der Waals surface area contributed by atoms with Crippen molar-refractivity contribution in [2.45, 2.75) is 31.8 Å². The molecule has 2 nitrogen and oxygen atoms in total. The quantitative estimate of drug-likeness (QED) is 0.678. The Morgan fingerprint density at radius 1 is 1.00 bits per heavy atom. The molecule has 2 unspecified atom stereocenters. The zero-order chi connectivity index (χ0) is 9.90. The van der Waals surface area contributed by atoms with Crippen molar-refractivity contribution in [3.05, 3.63) is 0 Å². The Labute approximate surface area is 84.7 Å². The molecular weight excluding hydrogens is 202 g/mol. The topological polar surface area (TPSA) is 18.5 Å². The molecule has 1 heterocycles. The van der Waals surface area contributed by atoms with E-state index < -0.39 is 0 Å². The van der Waals surface area contributed by atoms with E-state index in [1.807, 2.05) is 13.8 Å². The minimum absolute atomic E-state index is 0.339. The largest absolute Gasteiger partial charge is 0.344 e. The summed E-state index contributed by atoms with van der Waals surface area (Å²) < 4.78 is 11.7. The van der Waals surface area contributed by atoms with Crippen molar-refractivity contribution in [1.82, 2.24) is 0 Å². The highest BCUT2D eigenvalue weighted by Crippen LogP contribution is 2.32. The Kier molecular flexibility index (Phi) is 4.58. The van der Waals surface area contributed by atoms with Crippen LogP contribution in [0.5, 0.6) is 0 Å². The van der Waals surface area contributed by atoms with E-state index in [0.29, 0.717) is 12.2 Å². The number of rotatable bonds is 4. The molecule has 4 atom stereocenters. The van der Waals surface area contributed by atoms with E-state index in [4.69, 9.17) is 9.47 Å². The zero-order valence-electron chi connectivity index (χ0n) is 8.89. The van der Waals surface area contributed by atoms with Gasteiger partial charge in [-0.25, -0.2) is 0 Å². The van der Waals surface area contributed by atoms with Gasteiger partial charge in [-0.05, 0) is 39.5 Å². The maximum Gasteiger partial charge on any atom is 0.163 e. The van der Waals surface area contributed by atoms with Gasteiger partial charge in [0.25, 0.3) is 0 Å². The maximum absolute atomic E-state index is 5.84. The molecule has 0 radical (unpaired) electrons. The normalized spacial score (nSPS) is 34.2.